The number of aromatic nitrogens is 1. The van der Waals surface area contributed by atoms with E-state index in [1.54, 1.807) is 18.2 Å². The van der Waals surface area contributed by atoms with Crippen molar-refractivity contribution in [1.82, 2.24) is 15.1 Å². The predicted molar refractivity (Wildman–Crippen MR) is 104 cm³/mol. The SMILES string of the molecule is Cc1ccc2cc(C(=O)NNc3ccc(S(=O)(=O)NC4CC4)cc3)[nH]c2c1. The van der Waals surface area contributed by atoms with Gasteiger partial charge >= 0.3 is 0 Å². The Morgan fingerprint density at radius 1 is 1.07 bits per heavy atom. The zero-order chi connectivity index (χ0) is 19.0. The average molecular weight is 384 g/mol. The molecule has 140 valence electrons. The van der Waals surface area contributed by atoms with Crippen LogP contribution < -0.4 is 15.6 Å². The molecule has 0 unspecified atom stereocenters. The molecular weight excluding hydrogens is 364 g/mol. The van der Waals surface area contributed by atoms with Gasteiger partial charge in [-0.05, 0) is 61.7 Å². The van der Waals surface area contributed by atoms with E-state index in [0.29, 0.717) is 11.4 Å². The van der Waals surface area contributed by atoms with Crippen LogP contribution in [0.15, 0.2) is 53.4 Å². The Morgan fingerprint density at radius 3 is 2.52 bits per heavy atom. The smallest absolute Gasteiger partial charge is 0.286 e. The molecule has 0 bridgehead atoms. The highest BCUT2D eigenvalue weighted by Gasteiger charge is 2.27. The fourth-order valence-electron chi connectivity index (χ4n) is 2.77. The first-order valence-corrected chi connectivity index (χ1v) is 10.2. The lowest BCUT2D eigenvalue weighted by Gasteiger charge is -2.09. The molecule has 1 aliphatic rings. The Hall–Kier alpha value is -2.84. The van der Waals surface area contributed by atoms with E-state index in [4.69, 9.17) is 0 Å². The minimum absolute atomic E-state index is 0.0622. The van der Waals surface area contributed by atoms with Gasteiger partial charge in [-0.25, -0.2) is 13.1 Å². The van der Waals surface area contributed by atoms with Crippen molar-refractivity contribution in [3.8, 4) is 0 Å². The lowest BCUT2D eigenvalue weighted by molar-refractivity contribution is 0.0958. The number of rotatable bonds is 6. The highest BCUT2D eigenvalue weighted by Crippen LogP contribution is 2.23. The summed E-state index contributed by atoms with van der Waals surface area (Å²) in [6, 6.07) is 14.0. The summed E-state index contributed by atoms with van der Waals surface area (Å²) in [5, 5.41) is 0.962. The summed E-state index contributed by atoms with van der Waals surface area (Å²) in [5.41, 5.74) is 8.44. The first-order valence-electron chi connectivity index (χ1n) is 8.69. The van der Waals surface area contributed by atoms with E-state index >= 15 is 0 Å². The van der Waals surface area contributed by atoms with Crippen LogP contribution >= 0.6 is 0 Å². The highest BCUT2D eigenvalue weighted by atomic mass is 32.2. The number of hydrogen-bond donors (Lipinski definition) is 4. The summed E-state index contributed by atoms with van der Waals surface area (Å²) in [7, 11) is -3.48. The predicted octanol–water partition coefficient (Wildman–Crippen LogP) is 2.67. The molecule has 4 N–H and O–H groups in total. The summed E-state index contributed by atoms with van der Waals surface area (Å²) >= 11 is 0. The van der Waals surface area contributed by atoms with Crippen molar-refractivity contribution in [2.45, 2.75) is 30.7 Å². The number of fused-ring (bicyclic) bond motifs is 1. The first kappa shape index (κ1) is 17.6. The number of hydrazine groups is 1. The molecular formula is C19H20N4O3S. The van der Waals surface area contributed by atoms with E-state index < -0.39 is 10.0 Å². The van der Waals surface area contributed by atoms with Gasteiger partial charge in [0, 0.05) is 16.9 Å². The molecule has 0 radical (unpaired) electrons. The molecule has 2 aromatic carbocycles. The van der Waals surface area contributed by atoms with Crippen molar-refractivity contribution < 1.29 is 13.2 Å². The van der Waals surface area contributed by atoms with Crippen molar-refractivity contribution in [2.24, 2.45) is 0 Å². The van der Waals surface area contributed by atoms with Crippen LogP contribution in [0.25, 0.3) is 10.9 Å². The first-order chi connectivity index (χ1) is 12.9. The fraction of sp³-hybridized carbons (Fsp3) is 0.211. The summed E-state index contributed by atoms with van der Waals surface area (Å²) in [6.07, 6.45) is 1.77. The number of carbonyl (C=O) groups is 1. The molecule has 1 aliphatic carbocycles. The van der Waals surface area contributed by atoms with Crippen LogP contribution in [0.2, 0.25) is 0 Å². The third-order valence-electron chi connectivity index (χ3n) is 4.41. The Labute approximate surface area is 157 Å². The number of amides is 1. The van der Waals surface area contributed by atoms with Crippen LogP contribution in [0.4, 0.5) is 5.69 Å². The quantitative estimate of drug-likeness (QED) is 0.491. The van der Waals surface area contributed by atoms with Crippen LogP contribution in [-0.2, 0) is 10.0 Å². The monoisotopic (exact) mass is 384 g/mol. The minimum Gasteiger partial charge on any atom is -0.350 e. The number of aryl methyl sites for hydroxylation is 1. The van der Waals surface area contributed by atoms with Crippen LogP contribution in [0.5, 0.6) is 0 Å². The molecule has 4 rings (SSSR count). The molecule has 3 aromatic rings. The largest absolute Gasteiger partial charge is 0.350 e. The molecule has 1 saturated carbocycles. The lowest BCUT2D eigenvalue weighted by Crippen LogP contribution is -2.29. The minimum atomic E-state index is -3.48. The summed E-state index contributed by atoms with van der Waals surface area (Å²) in [5.74, 6) is -0.309. The molecule has 1 aromatic heterocycles. The van der Waals surface area contributed by atoms with Gasteiger partial charge in [0.25, 0.3) is 5.91 Å². The molecule has 1 fully saturated rings. The number of carbonyl (C=O) groups excluding carboxylic acids is 1. The second-order valence-corrected chi connectivity index (χ2v) is 8.49. The summed E-state index contributed by atoms with van der Waals surface area (Å²) in [6.45, 7) is 1.99. The molecule has 27 heavy (non-hydrogen) atoms. The molecule has 1 amide bonds. The maximum Gasteiger partial charge on any atom is 0.286 e. The van der Waals surface area contributed by atoms with E-state index in [9.17, 15) is 13.2 Å². The lowest BCUT2D eigenvalue weighted by atomic mass is 10.2. The number of benzene rings is 2. The average Bonchev–Trinajstić information content (AvgIpc) is 3.34. The van der Waals surface area contributed by atoms with Crippen LogP contribution in [0, 0.1) is 6.92 Å². The van der Waals surface area contributed by atoms with Crippen LogP contribution in [-0.4, -0.2) is 25.4 Å². The zero-order valence-corrected chi connectivity index (χ0v) is 15.6. The number of hydrogen-bond acceptors (Lipinski definition) is 4. The van der Waals surface area contributed by atoms with Crippen LogP contribution in [0.3, 0.4) is 0 Å². The number of H-pyrrole nitrogens is 1. The Balaban J connectivity index is 1.40. The molecule has 7 nitrogen and oxygen atoms in total. The van der Waals surface area contributed by atoms with Gasteiger partial charge in [0.15, 0.2) is 0 Å². The third kappa shape index (κ3) is 3.96. The maximum atomic E-state index is 12.3. The van der Waals surface area contributed by atoms with E-state index in [1.165, 1.54) is 12.1 Å². The molecule has 8 heteroatoms. The molecule has 0 atom stereocenters. The standard InChI is InChI=1S/C19H20N4O3S/c1-12-2-3-13-11-18(20-17(13)10-12)19(24)22-21-14-6-8-16(9-7-14)27(25,26)23-15-4-5-15/h2-3,6-11,15,20-21,23H,4-5H2,1H3,(H,22,24). The number of anilines is 1. The normalized spacial score (nSPS) is 14.3. The summed E-state index contributed by atoms with van der Waals surface area (Å²) < 4.78 is 26.9. The topological polar surface area (TPSA) is 103 Å². The number of sulfonamides is 1. The van der Waals surface area contributed by atoms with Gasteiger partial charge in [0.2, 0.25) is 10.0 Å². The molecule has 0 saturated heterocycles. The van der Waals surface area contributed by atoms with Crippen molar-refractivity contribution in [1.29, 1.82) is 0 Å². The van der Waals surface area contributed by atoms with Crippen LogP contribution in [0.1, 0.15) is 28.9 Å². The maximum absolute atomic E-state index is 12.3. The van der Waals surface area contributed by atoms with E-state index in [2.05, 4.69) is 20.6 Å². The number of nitrogens with one attached hydrogen (secondary N) is 4. The second-order valence-electron chi connectivity index (χ2n) is 6.77. The molecule has 0 spiro atoms. The van der Waals surface area contributed by atoms with Gasteiger partial charge in [0.1, 0.15) is 5.69 Å². The van der Waals surface area contributed by atoms with E-state index in [-0.39, 0.29) is 16.8 Å². The van der Waals surface area contributed by atoms with Gasteiger partial charge < -0.3 is 4.98 Å². The fourth-order valence-corrected chi connectivity index (χ4v) is 4.07. The van der Waals surface area contributed by atoms with E-state index in [0.717, 1.165) is 29.3 Å². The second kappa shape index (κ2) is 6.71. The Kier molecular flexibility index (Phi) is 4.37. The molecule has 0 aliphatic heterocycles. The summed E-state index contributed by atoms with van der Waals surface area (Å²) in [4.78, 5) is 15.6. The van der Waals surface area contributed by atoms with Crippen molar-refractivity contribution in [3.05, 3.63) is 59.8 Å². The van der Waals surface area contributed by atoms with Crippen molar-refractivity contribution >= 4 is 32.5 Å². The third-order valence-corrected chi connectivity index (χ3v) is 5.94. The van der Waals surface area contributed by atoms with Crippen molar-refractivity contribution in [2.75, 3.05) is 5.43 Å². The number of aromatic amines is 1. The Bertz CT molecular complexity index is 1100. The molecule has 1 heterocycles. The van der Waals surface area contributed by atoms with E-state index in [1.807, 2.05) is 25.1 Å². The van der Waals surface area contributed by atoms with Gasteiger partial charge in [0.05, 0.1) is 10.6 Å². The van der Waals surface area contributed by atoms with Gasteiger partial charge in [-0.3, -0.25) is 15.6 Å². The van der Waals surface area contributed by atoms with Crippen molar-refractivity contribution in [3.63, 3.8) is 0 Å². The highest BCUT2D eigenvalue weighted by molar-refractivity contribution is 7.89. The van der Waals surface area contributed by atoms with Gasteiger partial charge in [-0.2, -0.15) is 0 Å². The van der Waals surface area contributed by atoms with Gasteiger partial charge in [-0.15, -0.1) is 0 Å². The van der Waals surface area contributed by atoms with Gasteiger partial charge in [-0.1, -0.05) is 12.1 Å². The zero-order valence-electron chi connectivity index (χ0n) is 14.7. The Morgan fingerprint density at radius 2 is 1.81 bits per heavy atom.